The second-order valence-electron chi connectivity index (χ2n) is 3.97. The number of hydrogen-bond donors (Lipinski definition) is 1. The van der Waals surface area contributed by atoms with Gasteiger partial charge in [-0.15, -0.1) is 0 Å². The van der Waals surface area contributed by atoms with Crippen LogP contribution in [0.15, 0.2) is 4.52 Å². The fourth-order valence-electron chi connectivity index (χ4n) is 1.76. The molecule has 0 aromatic carbocycles. The molecular weight excluding hydrogens is 210 g/mol. The van der Waals surface area contributed by atoms with Crippen LogP contribution >= 0.6 is 0 Å². The molecule has 1 aromatic heterocycles. The Bertz CT molecular complexity index is 323. The van der Waals surface area contributed by atoms with Crippen LogP contribution in [-0.4, -0.2) is 36.5 Å². The first-order valence-corrected chi connectivity index (χ1v) is 5.48. The Hall–Kier alpha value is -0.980. The molecule has 6 nitrogen and oxygen atoms in total. The molecule has 1 saturated heterocycles. The molecule has 2 rings (SSSR count). The molecule has 90 valence electrons. The minimum Gasteiger partial charge on any atom is -0.383 e. The van der Waals surface area contributed by atoms with Crippen molar-refractivity contribution in [3.05, 3.63) is 11.7 Å². The molecule has 1 aromatic rings. The predicted molar refractivity (Wildman–Crippen MR) is 55.8 cm³/mol. The number of methoxy groups -OCH3 is 1. The zero-order valence-corrected chi connectivity index (χ0v) is 9.39. The SMILES string of the molecule is COCC(N)Cc1nc(C2CCCO2)no1. The monoisotopic (exact) mass is 227 g/mol. The van der Waals surface area contributed by atoms with Gasteiger partial charge in [0, 0.05) is 26.2 Å². The Morgan fingerprint density at radius 3 is 3.19 bits per heavy atom. The minimum absolute atomic E-state index is 0.00357. The van der Waals surface area contributed by atoms with Gasteiger partial charge in [0.1, 0.15) is 6.10 Å². The third-order valence-electron chi connectivity index (χ3n) is 2.52. The van der Waals surface area contributed by atoms with E-state index in [4.69, 9.17) is 19.7 Å². The lowest BCUT2D eigenvalue weighted by Crippen LogP contribution is -2.28. The summed E-state index contributed by atoms with van der Waals surface area (Å²) in [7, 11) is 1.62. The maximum Gasteiger partial charge on any atom is 0.228 e. The molecule has 0 saturated carbocycles. The molecule has 2 unspecified atom stereocenters. The van der Waals surface area contributed by atoms with Crippen LogP contribution in [0.25, 0.3) is 0 Å². The standard InChI is InChI=1S/C10H17N3O3/c1-14-6-7(11)5-9-12-10(13-16-9)8-3-2-4-15-8/h7-8H,2-6,11H2,1H3. The Labute approximate surface area is 94.1 Å². The lowest BCUT2D eigenvalue weighted by Gasteiger charge is -2.05. The summed E-state index contributed by atoms with van der Waals surface area (Å²) in [6.07, 6.45) is 2.55. The summed E-state index contributed by atoms with van der Waals surface area (Å²) in [4.78, 5) is 4.28. The van der Waals surface area contributed by atoms with Crippen molar-refractivity contribution in [1.29, 1.82) is 0 Å². The highest BCUT2D eigenvalue weighted by Crippen LogP contribution is 2.26. The number of ether oxygens (including phenoxy) is 2. The highest BCUT2D eigenvalue weighted by Gasteiger charge is 2.23. The van der Waals surface area contributed by atoms with Gasteiger partial charge >= 0.3 is 0 Å². The van der Waals surface area contributed by atoms with E-state index in [9.17, 15) is 0 Å². The van der Waals surface area contributed by atoms with E-state index in [-0.39, 0.29) is 12.1 Å². The highest BCUT2D eigenvalue weighted by molar-refractivity contribution is 4.94. The molecule has 16 heavy (non-hydrogen) atoms. The van der Waals surface area contributed by atoms with Crippen molar-refractivity contribution in [2.24, 2.45) is 5.73 Å². The van der Waals surface area contributed by atoms with Crippen LogP contribution in [0.2, 0.25) is 0 Å². The van der Waals surface area contributed by atoms with E-state index in [2.05, 4.69) is 10.1 Å². The van der Waals surface area contributed by atoms with Crippen LogP contribution in [0.1, 0.15) is 30.7 Å². The summed E-state index contributed by atoms with van der Waals surface area (Å²) in [5.74, 6) is 1.19. The summed E-state index contributed by atoms with van der Waals surface area (Å²) in [5.41, 5.74) is 5.79. The van der Waals surface area contributed by atoms with Crippen LogP contribution < -0.4 is 5.73 Å². The quantitative estimate of drug-likeness (QED) is 0.785. The van der Waals surface area contributed by atoms with Gasteiger partial charge < -0.3 is 19.7 Å². The third-order valence-corrected chi connectivity index (χ3v) is 2.52. The number of rotatable bonds is 5. The maximum absolute atomic E-state index is 5.79. The van der Waals surface area contributed by atoms with E-state index >= 15 is 0 Å². The molecular formula is C10H17N3O3. The number of aromatic nitrogens is 2. The van der Waals surface area contributed by atoms with Crippen LogP contribution in [0, 0.1) is 0 Å². The highest BCUT2D eigenvalue weighted by atomic mass is 16.5. The average Bonchev–Trinajstić information content (AvgIpc) is 2.86. The van der Waals surface area contributed by atoms with Gasteiger partial charge in [0.2, 0.25) is 11.7 Å². The Morgan fingerprint density at radius 1 is 1.62 bits per heavy atom. The van der Waals surface area contributed by atoms with E-state index in [0.29, 0.717) is 24.7 Å². The van der Waals surface area contributed by atoms with Crippen LogP contribution in [0.4, 0.5) is 0 Å². The molecule has 0 bridgehead atoms. The van der Waals surface area contributed by atoms with Crippen molar-refractivity contribution in [2.45, 2.75) is 31.4 Å². The average molecular weight is 227 g/mol. The first kappa shape index (κ1) is 11.5. The number of nitrogens with two attached hydrogens (primary N) is 1. The van der Waals surface area contributed by atoms with Crippen LogP contribution in [0.5, 0.6) is 0 Å². The molecule has 6 heteroatoms. The molecule has 0 spiro atoms. The van der Waals surface area contributed by atoms with Gasteiger partial charge in [0.05, 0.1) is 6.61 Å². The van der Waals surface area contributed by atoms with E-state index in [1.807, 2.05) is 0 Å². The molecule has 0 radical (unpaired) electrons. The zero-order chi connectivity index (χ0) is 11.4. The lowest BCUT2D eigenvalue weighted by molar-refractivity contribution is 0.103. The molecule has 0 aliphatic carbocycles. The van der Waals surface area contributed by atoms with Crippen molar-refractivity contribution < 1.29 is 14.0 Å². The Balaban J connectivity index is 1.91. The topological polar surface area (TPSA) is 83.4 Å². The van der Waals surface area contributed by atoms with E-state index in [1.165, 1.54) is 0 Å². The predicted octanol–water partition coefficient (Wildman–Crippen LogP) is 0.437. The smallest absolute Gasteiger partial charge is 0.228 e. The van der Waals surface area contributed by atoms with Gasteiger partial charge in [0.15, 0.2) is 0 Å². The fraction of sp³-hybridized carbons (Fsp3) is 0.800. The summed E-state index contributed by atoms with van der Waals surface area (Å²) in [6, 6.07) is -0.109. The molecule has 2 heterocycles. The summed E-state index contributed by atoms with van der Waals surface area (Å²) in [6.45, 7) is 1.26. The number of hydrogen-bond acceptors (Lipinski definition) is 6. The van der Waals surface area contributed by atoms with Crippen LogP contribution in [0.3, 0.4) is 0 Å². The van der Waals surface area contributed by atoms with E-state index < -0.39 is 0 Å². The van der Waals surface area contributed by atoms with Crippen LogP contribution in [-0.2, 0) is 15.9 Å². The summed E-state index contributed by atoms with van der Waals surface area (Å²) < 4.78 is 15.5. The molecule has 2 atom stereocenters. The Kier molecular flexibility index (Phi) is 3.87. The maximum atomic E-state index is 5.79. The second-order valence-corrected chi connectivity index (χ2v) is 3.97. The lowest BCUT2D eigenvalue weighted by atomic mass is 10.2. The molecule has 2 N–H and O–H groups in total. The molecule has 0 amide bonds. The first-order chi connectivity index (χ1) is 7.79. The molecule has 1 aliphatic rings. The second kappa shape index (κ2) is 5.38. The van der Waals surface area contributed by atoms with Crippen molar-refractivity contribution in [2.75, 3.05) is 20.3 Å². The van der Waals surface area contributed by atoms with E-state index in [0.717, 1.165) is 19.4 Å². The minimum atomic E-state index is -0.109. The Morgan fingerprint density at radius 2 is 2.50 bits per heavy atom. The van der Waals surface area contributed by atoms with E-state index in [1.54, 1.807) is 7.11 Å². The van der Waals surface area contributed by atoms with Gasteiger partial charge in [-0.3, -0.25) is 0 Å². The van der Waals surface area contributed by atoms with Crippen molar-refractivity contribution in [1.82, 2.24) is 10.1 Å². The van der Waals surface area contributed by atoms with Crippen molar-refractivity contribution >= 4 is 0 Å². The fourth-order valence-corrected chi connectivity index (χ4v) is 1.76. The van der Waals surface area contributed by atoms with Crippen molar-refractivity contribution in [3.63, 3.8) is 0 Å². The number of nitrogens with zero attached hydrogens (tertiary/aromatic N) is 2. The molecule has 1 fully saturated rings. The summed E-state index contributed by atoms with van der Waals surface area (Å²) >= 11 is 0. The zero-order valence-electron chi connectivity index (χ0n) is 9.39. The normalized spacial score (nSPS) is 22.5. The van der Waals surface area contributed by atoms with Crippen molar-refractivity contribution in [3.8, 4) is 0 Å². The summed E-state index contributed by atoms with van der Waals surface area (Å²) in [5, 5.41) is 3.90. The molecule has 1 aliphatic heterocycles. The van der Waals surface area contributed by atoms with Gasteiger partial charge in [0.25, 0.3) is 0 Å². The first-order valence-electron chi connectivity index (χ1n) is 5.48. The third kappa shape index (κ3) is 2.78. The largest absolute Gasteiger partial charge is 0.383 e. The van der Waals surface area contributed by atoms with Gasteiger partial charge in [-0.05, 0) is 12.8 Å². The van der Waals surface area contributed by atoms with Gasteiger partial charge in [-0.2, -0.15) is 4.98 Å². The van der Waals surface area contributed by atoms with Gasteiger partial charge in [-0.25, -0.2) is 0 Å². The van der Waals surface area contributed by atoms with Gasteiger partial charge in [-0.1, -0.05) is 5.16 Å².